The van der Waals surface area contributed by atoms with Crippen LogP contribution in [0.5, 0.6) is 5.75 Å². The van der Waals surface area contributed by atoms with Crippen molar-refractivity contribution in [1.29, 1.82) is 0 Å². The number of fused-ring (bicyclic) bond motifs is 3. The first-order valence-corrected chi connectivity index (χ1v) is 13.0. The predicted octanol–water partition coefficient (Wildman–Crippen LogP) is 5.27. The highest BCUT2D eigenvalue weighted by Crippen LogP contribution is 2.43. The summed E-state index contributed by atoms with van der Waals surface area (Å²) >= 11 is 1.58. The summed E-state index contributed by atoms with van der Waals surface area (Å²) in [5.74, 6) is 0.493. The molecule has 4 heterocycles. The van der Waals surface area contributed by atoms with E-state index in [1.807, 2.05) is 34.2 Å². The van der Waals surface area contributed by atoms with E-state index in [0.717, 1.165) is 27.4 Å². The van der Waals surface area contributed by atoms with Crippen molar-refractivity contribution in [1.82, 2.24) is 19.9 Å². The molecular weight excluding hydrogens is 486 g/mol. The van der Waals surface area contributed by atoms with Gasteiger partial charge in [-0.1, -0.05) is 26.8 Å². The second kappa shape index (κ2) is 9.82. The molecule has 2 N–H and O–H groups in total. The zero-order valence-corrected chi connectivity index (χ0v) is 22.1. The quantitative estimate of drug-likeness (QED) is 0.365. The molecule has 0 bridgehead atoms. The summed E-state index contributed by atoms with van der Waals surface area (Å²) in [6.45, 7) is 7.40. The minimum Gasteiger partial charge on any atom is -0.495 e. The molecule has 0 saturated carbocycles. The van der Waals surface area contributed by atoms with E-state index in [1.165, 1.54) is 6.20 Å². The van der Waals surface area contributed by atoms with Crippen LogP contribution >= 0.6 is 11.3 Å². The second-order valence-corrected chi connectivity index (χ2v) is 11.1. The molecule has 0 aliphatic carbocycles. The number of amides is 2. The molecule has 1 aliphatic rings. The van der Waals surface area contributed by atoms with E-state index in [2.05, 4.69) is 36.4 Å². The van der Waals surface area contributed by atoms with E-state index in [9.17, 15) is 9.59 Å². The van der Waals surface area contributed by atoms with E-state index in [0.29, 0.717) is 42.3 Å². The molecule has 1 aromatic carbocycles. The number of aromatic nitrogens is 3. The Bertz CT molecular complexity index is 1450. The maximum absolute atomic E-state index is 13.3. The van der Waals surface area contributed by atoms with Crippen LogP contribution < -0.4 is 15.4 Å². The number of ether oxygens (including phenoxy) is 1. The van der Waals surface area contributed by atoms with Crippen molar-refractivity contribution in [2.45, 2.75) is 33.7 Å². The Morgan fingerprint density at radius 2 is 2.00 bits per heavy atom. The third kappa shape index (κ3) is 4.99. The summed E-state index contributed by atoms with van der Waals surface area (Å²) in [5, 5.41) is 8.01. The van der Waals surface area contributed by atoms with Crippen molar-refractivity contribution >= 4 is 28.8 Å². The number of thiophene rings is 1. The van der Waals surface area contributed by atoms with E-state index in [-0.39, 0.29) is 17.2 Å². The van der Waals surface area contributed by atoms with Gasteiger partial charge in [0.25, 0.3) is 11.8 Å². The van der Waals surface area contributed by atoms with Crippen molar-refractivity contribution in [3.8, 4) is 27.6 Å². The molecule has 4 aromatic rings. The van der Waals surface area contributed by atoms with Gasteiger partial charge in [-0.15, -0.1) is 11.3 Å². The lowest BCUT2D eigenvalue weighted by Crippen LogP contribution is -2.34. The highest BCUT2D eigenvalue weighted by molar-refractivity contribution is 7.13. The maximum Gasteiger partial charge on any atom is 0.287 e. The Kier molecular flexibility index (Phi) is 6.55. The van der Waals surface area contributed by atoms with Gasteiger partial charge in [-0.05, 0) is 53.1 Å². The number of imidazole rings is 1. The summed E-state index contributed by atoms with van der Waals surface area (Å²) in [6, 6.07) is 11.3. The summed E-state index contributed by atoms with van der Waals surface area (Å²) in [7, 11) is 1.59. The molecule has 0 saturated heterocycles. The van der Waals surface area contributed by atoms with Crippen molar-refractivity contribution in [3.05, 3.63) is 71.1 Å². The molecule has 0 radical (unpaired) electrons. The maximum atomic E-state index is 13.3. The molecule has 8 nitrogen and oxygen atoms in total. The molecule has 9 heteroatoms. The van der Waals surface area contributed by atoms with Crippen molar-refractivity contribution in [3.63, 3.8) is 0 Å². The van der Waals surface area contributed by atoms with Gasteiger partial charge in [0.1, 0.15) is 11.4 Å². The summed E-state index contributed by atoms with van der Waals surface area (Å²) in [5.41, 5.74) is 4.55. The molecule has 190 valence electrons. The number of hydrogen-bond donors (Lipinski definition) is 2. The lowest BCUT2D eigenvalue weighted by Gasteiger charge is -2.24. The number of aryl methyl sites for hydroxylation is 1. The molecule has 0 atom stereocenters. The second-order valence-electron chi connectivity index (χ2n) is 10.2. The first kappa shape index (κ1) is 24.7. The molecule has 1 aliphatic heterocycles. The fraction of sp³-hybridized carbons (Fsp3) is 0.286. The number of hydrogen-bond acceptors (Lipinski definition) is 6. The molecule has 0 spiro atoms. The van der Waals surface area contributed by atoms with E-state index < -0.39 is 0 Å². The van der Waals surface area contributed by atoms with Crippen LogP contribution in [0.25, 0.3) is 21.8 Å². The van der Waals surface area contributed by atoms with Gasteiger partial charge in [0.15, 0.2) is 5.82 Å². The number of nitrogens with zero attached hydrogens (tertiary/aromatic N) is 3. The number of anilines is 1. The normalized spacial score (nSPS) is 12.4. The monoisotopic (exact) mass is 515 g/mol. The molecule has 3 aromatic heterocycles. The van der Waals surface area contributed by atoms with Gasteiger partial charge in [0, 0.05) is 31.0 Å². The molecule has 5 rings (SSSR count). The first-order valence-electron chi connectivity index (χ1n) is 12.1. The van der Waals surface area contributed by atoms with Crippen LogP contribution in [0.15, 0.2) is 54.2 Å². The average Bonchev–Trinajstić information content (AvgIpc) is 3.55. The number of methoxy groups -OCH3 is 1. The number of carbonyl (C=O) groups excluding carboxylic acids is 2. The Labute approximate surface area is 219 Å². The van der Waals surface area contributed by atoms with E-state index in [4.69, 9.17) is 9.72 Å². The summed E-state index contributed by atoms with van der Waals surface area (Å²) < 4.78 is 7.63. The topological polar surface area (TPSA) is 98.1 Å². The molecule has 0 unspecified atom stereocenters. The van der Waals surface area contributed by atoms with Crippen LogP contribution in [0.3, 0.4) is 0 Å². The predicted molar refractivity (Wildman–Crippen MR) is 145 cm³/mol. The minimum atomic E-state index is -0.281. The smallest absolute Gasteiger partial charge is 0.287 e. The SMILES string of the molecule is COc1cc2c(cc1NC(=O)c1cccnc1)-c1c(-c3cccs3)nc(C(=O)NCC(C)(C)C)n1CC2. The number of rotatable bonds is 6. The lowest BCUT2D eigenvalue weighted by atomic mass is 9.95. The van der Waals surface area contributed by atoms with Crippen LogP contribution in [0.2, 0.25) is 0 Å². The fourth-order valence-electron chi connectivity index (χ4n) is 4.37. The van der Waals surface area contributed by atoms with Gasteiger partial charge in [-0.25, -0.2) is 4.98 Å². The highest BCUT2D eigenvalue weighted by atomic mass is 32.1. The van der Waals surface area contributed by atoms with E-state index in [1.54, 1.807) is 36.8 Å². The van der Waals surface area contributed by atoms with Gasteiger partial charge >= 0.3 is 0 Å². The Morgan fingerprint density at radius 1 is 1.16 bits per heavy atom. The lowest BCUT2D eigenvalue weighted by molar-refractivity contribution is 0.0924. The third-order valence-corrected chi connectivity index (χ3v) is 7.04. The van der Waals surface area contributed by atoms with Gasteiger partial charge in [-0.2, -0.15) is 0 Å². The Hall–Kier alpha value is -3.98. The Balaban J connectivity index is 1.60. The zero-order chi connectivity index (χ0) is 26.2. The molecule has 37 heavy (non-hydrogen) atoms. The first-order chi connectivity index (χ1) is 17.7. The summed E-state index contributed by atoms with van der Waals surface area (Å²) in [4.78, 5) is 36.0. The number of carbonyl (C=O) groups is 2. The number of nitrogens with one attached hydrogen (secondary N) is 2. The van der Waals surface area contributed by atoms with Crippen LogP contribution in [0.1, 0.15) is 47.3 Å². The Morgan fingerprint density at radius 3 is 2.68 bits per heavy atom. The molecule has 0 fully saturated rings. The number of pyridine rings is 1. The fourth-order valence-corrected chi connectivity index (χ4v) is 5.08. The standard InChI is InChI=1S/C28H29N5O3S/c1-28(2,3)16-30-27(35)25-32-23(22-8-6-12-37-22)24-19-14-20(31-26(34)18-7-5-10-29-15-18)21(36-4)13-17(19)9-11-33(24)25/h5-8,10,12-15H,9,11,16H2,1-4H3,(H,30,35)(H,31,34). The molecule has 2 amide bonds. The minimum absolute atomic E-state index is 0.0475. The van der Waals surface area contributed by atoms with Gasteiger partial charge < -0.3 is 19.9 Å². The number of benzene rings is 1. The third-order valence-electron chi connectivity index (χ3n) is 6.16. The van der Waals surface area contributed by atoms with Gasteiger partial charge in [-0.3, -0.25) is 14.6 Å². The van der Waals surface area contributed by atoms with Crippen molar-refractivity contribution in [2.75, 3.05) is 19.0 Å². The van der Waals surface area contributed by atoms with Crippen LogP contribution in [-0.2, 0) is 13.0 Å². The van der Waals surface area contributed by atoms with Crippen LogP contribution in [-0.4, -0.2) is 40.0 Å². The van der Waals surface area contributed by atoms with Crippen molar-refractivity contribution in [2.24, 2.45) is 5.41 Å². The van der Waals surface area contributed by atoms with Crippen molar-refractivity contribution < 1.29 is 14.3 Å². The van der Waals surface area contributed by atoms with Gasteiger partial charge in [0.05, 0.1) is 28.9 Å². The summed E-state index contributed by atoms with van der Waals surface area (Å²) in [6.07, 6.45) is 3.85. The largest absolute Gasteiger partial charge is 0.495 e. The van der Waals surface area contributed by atoms with Crippen LogP contribution in [0, 0.1) is 5.41 Å². The van der Waals surface area contributed by atoms with Gasteiger partial charge in [0.2, 0.25) is 0 Å². The average molecular weight is 516 g/mol. The highest BCUT2D eigenvalue weighted by Gasteiger charge is 2.30. The molecular formula is C28H29N5O3S. The van der Waals surface area contributed by atoms with Crippen LogP contribution in [0.4, 0.5) is 5.69 Å². The zero-order valence-electron chi connectivity index (χ0n) is 21.3. The van der Waals surface area contributed by atoms with E-state index >= 15 is 0 Å².